The number of aromatic nitrogens is 6. The fourth-order valence-corrected chi connectivity index (χ4v) is 19.2. The normalized spacial score (nSPS) is 11.2. The van der Waals surface area contributed by atoms with Crippen LogP contribution in [0.15, 0.2) is 535 Å². The van der Waals surface area contributed by atoms with Gasteiger partial charge in [-0.3, -0.25) is 19.9 Å². The lowest BCUT2D eigenvalue weighted by Gasteiger charge is -2.18. The maximum atomic E-state index is 4.94. The van der Waals surface area contributed by atoms with Crippen LogP contribution in [0.1, 0.15) is 0 Å². The van der Waals surface area contributed by atoms with Gasteiger partial charge in [-0.15, -0.1) is 0 Å². The van der Waals surface area contributed by atoms with Crippen molar-refractivity contribution in [2.75, 3.05) is 0 Å². The fourth-order valence-electron chi connectivity index (χ4n) is 19.2. The molecule has 0 radical (unpaired) electrons. The Labute approximate surface area is 804 Å². The average Bonchev–Trinajstić information content (AvgIpc) is 0.768. The molecule has 0 atom stereocenters. The van der Waals surface area contributed by atoms with Crippen LogP contribution in [0.5, 0.6) is 0 Å². The molecule has 0 N–H and O–H groups in total. The van der Waals surface area contributed by atoms with E-state index < -0.39 is 0 Å². The van der Waals surface area contributed by atoms with Crippen LogP contribution in [0.25, 0.3) is 246 Å². The molecule has 0 aliphatic rings. The summed E-state index contributed by atoms with van der Waals surface area (Å²) in [6.45, 7) is 0. The van der Waals surface area contributed by atoms with Gasteiger partial charge in [-0.05, 0) is 223 Å². The summed E-state index contributed by atoms with van der Waals surface area (Å²) >= 11 is 0. The first kappa shape index (κ1) is 83.9. The minimum Gasteiger partial charge on any atom is -0.256 e. The van der Waals surface area contributed by atoms with Crippen LogP contribution < -0.4 is 0 Å². The van der Waals surface area contributed by atoms with Crippen molar-refractivity contribution in [3.05, 3.63) is 535 Å². The molecule has 23 rings (SSSR count). The molecule has 23 aromatic rings. The van der Waals surface area contributed by atoms with Crippen molar-refractivity contribution in [2.45, 2.75) is 0 Å². The van der Waals surface area contributed by atoms with Crippen molar-refractivity contribution in [3.63, 3.8) is 0 Å². The summed E-state index contributed by atoms with van der Waals surface area (Å²) in [4.78, 5) is 29.6. The van der Waals surface area contributed by atoms with Gasteiger partial charge >= 0.3 is 0 Å². The maximum Gasteiger partial charge on any atom is 0.116 e. The first-order valence-corrected chi connectivity index (χ1v) is 46.8. The van der Waals surface area contributed by atoms with Gasteiger partial charge in [0.2, 0.25) is 0 Å². The highest BCUT2D eigenvalue weighted by molar-refractivity contribution is 5.98. The van der Waals surface area contributed by atoms with Crippen LogP contribution in [0.2, 0.25) is 0 Å². The van der Waals surface area contributed by atoms with E-state index in [1.807, 2.05) is 49.1 Å². The lowest BCUT2D eigenvalue weighted by Crippen LogP contribution is -1.93. The largest absolute Gasteiger partial charge is 0.256 e. The lowest BCUT2D eigenvalue weighted by atomic mass is 9.86. The molecule has 0 fully saturated rings. The molecule has 0 aliphatic heterocycles. The predicted molar refractivity (Wildman–Crippen MR) is 573 cm³/mol. The molecule has 5 aromatic heterocycles. The molecule has 0 aliphatic carbocycles. The highest BCUT2D eigenvalue weighted by Gasteiger charge is 2.22. The molecule has 0 amide bonds. The third-order valence-corrected chi connectivity index (χ3v) is 26.4. The average molecular weight is 1760 g/mol. The van der Waals surface area contributed by atoms with Crippen molar-refractivity contribution < 1.29 is 0 Å². The predicted octanol–water partition coefficient (Wildman–Crippen LogP) is 34.7. The van der Waals surface area contributed by atoms with Crippen LogP contribution in [0, 0.1) is 0 Å². The van der Waals surface area contributed by atoms with E-state index in [0.29, 0.717) is 0 Å². The molecule has 5 heterocycles. The SMILES string of the molecule is c1ccc(-c2ccc(-c3ccc(-c4ccccc4-c4cc(-c5ccccc5-c5ccc(-c6ccc(-c7ccccc7)cn6)cc5)cc(-c5ccccc5-c5ccc(-c6cc(-c7ccc(-c8ccccc8-c8cc(-c9ccccc9-c9ccc(-c%10ccc(-c%11ccccc%11)cn%10)cc9)cc(-c9ccccc9-c9ccc(-c%10ccc(-c%11ccccc%11)cn%10)cc9)c8)cc7)ncn6)cc5)c4)cc3)nc2)cc1. The number of pyridine rings is 4. The molecule has 0 saturated carbocycles. The molecule has 18 aromatic carbocycles. The molecule has 138 heavy (non-hydrogen) atoms. The van der Waals surface area contributed by atoms with Crippen LogP contribution in [0.3, 0.4) is 0 Å². The first-order chi connectivity index (χ1) is 68.4. The number of nitrogens with zero attached hydrogens (tertiary/aromatic N) is 6. The van der Waals surface area contributed by atoms with Gasteiger partial charge < -0.3 is 0 Å². The van der Waals surface area contributed by atoms with Crippen LogP contribution in [-0.4, -0.2) is 29.9 Å². The Morgan fingerprint density at radius 1 is 0.0870 bits per heavy atom. The third kappa shape index (κ3) is 17.6. The molecule has 646 valence electrons. The van der Waals surface area contributed by atoms with E-state index in [-0.39, 0.29) is 0 Å². The Kier molecular flexibility index (Phi) is 23.2. The van der Waals surface area contributed by atoms with Crippen molar-refractivity contribution in [3.8, 4) is 246 Å². The van der Waals surface area contributed by atoms with E-state index in [2.05, 4.69) is 479 Å². The second kappa shape index (κ2) is 38.1. The van der Waals surface area contributed by atoms with Crippen molar-refractivity contribution in [1.82, 2.24) is 29.9 Å². The molecular formula is C132H88N6. The van der Waals surface area contributed by atoms with E-state index in [4.69, 9.17) is 29.9 Å². The highest BCUT2D eigenvalue weighted by atomic mass is 14.8. The van der Waals surface area contributed by atoms with Crippen molar-refractivity contribution >= 4 is 0 Å². The van der Waals surface area contributed by atoms with Gasteiger partial charge in [0.05, 0.1) is 34.2 Å². The van der Waals surface area contributed by atoms with Gasteiger partial charge in [-0.25, -0.2) is 9.97 Å². The molecular weight excluding hydrogens is 1670 g/mol. The zero-order chi connectivity index (χ0) is 91.9. The smallest absolute Gasteiger partial charge is 0.116 e. The maximum absolute atomic E-state index is 4.94. The van der Waals surface area contributed by atoms with Crippen molar-refractivity contribution in [2.24, 2.45) is 0 Å². The van der Waals surface area contributed by atoms with E-state index in [0.717, 1.165) is 246 Å². The summed E-state index contributed by atoms with van der Waals surface area (Å²) in [6.07, 6.45) is 9.56. The molecule has 0 bridgehead atoms. The van der Waals surface area contributed by atoms with Gasteiger partial charge in [0.1, 0.15) is 6.33 Å². The number of hydrogen-bond acceptors (Lipinski definition) is 6. The Morgan fingerprint density at radius 3 is 0.399 bits per heavy atom. The van der Waals surface area contributed by atoms with Gasteiger partial charge in [-0.2, -0.15) is 0 Å². The second-order valence-electron chi connectivity index (χ2n) is 34.8. The highest BCUT2D eigenvalue weighted by Crippen LogP contribution is 2.47. The van der Waals surface area contributed by atoms with E-state index in [1.54, 1.807) is 6.33 Å². The Morgan fingerprint density at radius 2 is 0.232 bits per heavy atom. The Bertz CT molecular complexity index is 7420. The zero-order valence-electron chi connectivity index (χ0n) is 75.5. The summed E-state index contributed by atoms with van der Waals surface area (Å²) in [5.41, 5.74) is 47.2. The van der Waals surface area contributed by atoms with E-state index >= 15 is 0 Å². The molecule has 0 spiro atoms. The summed E-state index contributed by atoms with van der Waals surface area (Å²) < 4.78 is 0. The minimum atomic E-state index is 0.828. The zero-order valence-corrected chi connectivity index (χ0v) is 75.5. The summed E-state index contributed by atoms with van der Waals surface area (Å²) in [5.74, 6) is 0. The van der Waals surface area contributed by atoms with Crippen LogP contribution >= 0.6 is 0 Å². The monoisotopic (exact) mass is 1760 g/mol. The number of benzene rings is 18. The molecule has 0 unspecified atom stereocenters. The minimum absolute atomic E-state index is 0.828. The van der Waals surface area contributed by atoms with E-state index in [9.17, 15) is 0 Å². The fraction of sp³-hybridized carbons (Fsp3) is 0. The van der Waals surface area contributed by atoms with Crippen molar-refractivity contribution in [1.29, 1.82) is 0 Å². The standard InChI is InChI=1S/C132H88N6/c1-5-25-89(26-6-1)105-69-73-127(133-84-105)99-57-45-93(46-58-99)115-33-13-19-39-121(115)109-77-110(122-40-20-14-34-116(122)94-47-59-100(60-48-94)128-74-70-106(85-134-128)90-27-7-2-8-28-90)80-113(79-109)125-43-23-17-37-119(125)97-53-65-103(66-54-97)131-83-132(138-88-137-131)104-67-55-98(56-68-104)120-38-18-24-44-126(120)114-81-111(123-41-21-15-35-117(123)95-49-61-101(62-50-95)129-75-71-107(86-135-129)91-29-9-3-10-30-91)78-112(82-114)124-42-22-16-36-118(124)96-51-63-102(64-52-96)130-76-72-108(87-136-130)92-31-11-4-12-32-92/h1-88H. The summed E-state index contributed by atoms with van der Waals surface area (Å²) in [6, 6.07) is 181. The topological polar surface area (TPSA) is 77.3 Å². The number of hydrogen-bond donors (Lipinski definition) is 0. The van der Waals surface area contributed by atoms with Crippen LogP contribution in [-0.2, 0) is 0 Å². The quantitative estimate of drug-likeness (QED) is 0.0673. The molecule has 6 heteroatoms. The molecule has 0 saturated heterocycles. The van der Waals surface area contributed by atoms with E-state index in [1.165, 1.54) is 0 Å². The van der Waals surface area contributed by atoms with Gasteiger partial charge in [0.25, 0.3) is 0 Å². The third-order valence-electron chi connectivity index (χ3n) is 26.4. The Hall–Kier alpha value is -18.4. The number of rotatable bonds is 22. The Balaban J connectivity index is 0.555. The summed E-state index contributed by atoms with van der Waals surface area (Å²) in [7, 11) is 0. The van der Waals surface area contributed by atoms with Gasteiger partial charge in [0, 0.05) is 80.4 Å². The molecule has 6 nitrogen and oxygen atoms in total. The lowest BCUT2D eigenvalue weighted by molar-refractivity contribution is 1.18. The van der Waals surface area contributed by atoms with Gasteiger partial charge in [0.15, 0.2) is 0 Å². The second-order valence-corrected chi connectivity index (χ2v) is 34.8. The van der Waals surface area contributed by atoms with Gasteiger partial charge in [-0.1, -0.05) is 437 Å². The summed E-state index contributed by atoms with van der Waals surface area (Å²) in [5, 5.41) is 0. The van der Waals surface area contributed by atoms with Crippen LogP contribution in [0.4, 0.5) is 0 Å². The first-order valence-electron chi connectivity index (χ1n) is 46.8.